The van der Waals surface area contributed by atoms with Crippen LogP contribution in [0.4, 0.5) is 11.4 Å². The van der Waals surface area contributed by atoms with E-state index in [-0.39, 0.29) is 24.3 Å². The van der Waals surface area contributed by atoms with Gasteiger partial charge in [-0.05, 0) is 62.7 Å². The van der Waals surface area contributed by atoms with E-state index in [1.54, 1.807) is 49.1 Å². The highest BCUT2D eigenvalue weighted by Crippen LogP contribution is 2.29. The van der Waals surface area contributed by atoms with Gasteiger partial charge in [-0.1, -0.05) is 17.7 Å². The smallest absolute Gasteiger partial charge is 0.338 e. The molecular weight excluding hydrogens is 392 g/mol. The van der Waals surface area contributed by atoms with Gasteiger partial charge < -0.3 is 15.0 Å². The third-order valence-electron chi connectivity index (χ3n) is 4.69. The first-order valence-electron chi connectivity index (χ1n) is 9.43. The number of benzene rings is 2. The normalized spacial score (nSPS) is 16.2. The van der Waals surface area contributed by atoms with Gasteiger partial charge in [0.05, 0.1) is 17.6 Å². The van der Waals surface area contributed by atoms with Gasteiger partial charge >= 0.3 is 5.97 Å². The summed E-state index contributed by atoms with van der Waals surface area (Å²) in [6.07, 6.45) is -0.0658. The molecule has 2 aromatic rings. The van der Waals surface area contributed by atoms with Crippen molar-refractivity contribution in [3.63, 3.8) is 0 Å². The van der Waals surface area contributed by atoms with Crippen LogP contribution < -0.4 is 10.2 Å². The maximum Gasteiger partial charge on any atom is 0.338 e. The number of amides is 2. The largest absolute Gasteiger partial charge is 0.459 e. The van der Waals surface area contributed by atoms with E-state index in [2.05, 4.69) is 5.32 Å². The molecule has 6 nitrogen and oxygen atoms in total. The molecule has 152 valence electrons. The van der Waals surface area contributed by atoms with Crippen LogP contribution in [-0.2, 0) is 14.3 Å². The Hall–Kier alpha value is -2.86. The zero-order valence-electron chi connectivity index (χ0n) is 16.6. The molecule has 1 aliphatic rings. The fraction of sp³-hybridized carbons (Fsp3) is 0.318. The third kappa shape index (κ3) is 4.95. The molecule has 1 heterocycles. The van der Waals surface area contributed by atoms with Crippen molar-refractivity contribution in [3.8, 4) is 0 Å². The first kappa shape index (κ1) is 20.9. The van der Waals surface area contributed by atoms with Crippen molar-refractivity contribution in [3.05, 3.63) is 58.6 Å². The zero-order chi connectivity index (χ0) is 21.1. The van der Waals surface area contributed by atoms with E-state index in [0.29, 0.717) is 28.5 Å². The van der Waals surface area contributed by atoms with Gasteiger partial charge in [0.25, 0.3) is 0 Å². The number of aryl methyl sites for hydroxylation is 1. The first-order valence-corrected chi connectivity index (χ1v) is 9.81. The third-order valence-corrected chi connectivity index (χ3v) is 5.10. The molecule has 1 fully saturated rings. The van der Waals surface area contributed by atoms with Crippen molar-refractivity contribution in [1.82, 2.24) is 0 Å². The van der Waals surface area contributed by atoms with E-state index in [4.69, 9.17) is 16.3 Å². The fourth-order valence-corrected chi connectivity index (χ4v) is 3.27. The molecule has 0 aromatic heterocycles. The second-order valence-corrected chi connectivity index (χ2v) is 7.77. The number of hydrogen-bond acceptors (Lipinski definition) is 4. The van der Waals surface area contributed by atoms with Crippen LogP contribution in [0, 0.1) is 12.8 Å². The quantitative estimate of drug-likeness (QED) is 0.744. The summed E-state index contributed by atoms with van der Waals surface area (Å²) < 4.78 is 5.14. The Bertz CT molecular complexity index is 940. The highest BCUT2D eigenvalue weighted by atomic mass is 35.5. The highest BCUT2D eigenvalue weighted by Gasteiger charge is 2.35. The van der Waals surface area contributed by atoms with Gasteiger partial charge in [-0.25, -0.2) is 4.79 Å². The standard InChI is InChI=1S/C22H23ClN2O4/c1-13(2)29-22(28)15-5-7-17(8-6-15)24-21(27)16-10-20(26)25(12-16)18-9-4-14(3)19(23)11-18/h4-9,11,13,16H,10,12H2,1-3H3,(H,24,27)/t16-/m1/s1. The van der Waals surface area contributed by atoms with Gasteiger partial charge in [-0.2, -0.15) is 0 Å². The summed E-state index contributed by atoms with van der Waals surface area (Å²) in [5.74, 6) is -1.23. The predicted octanol–water partition coefficient (Wildman–Crippen LogP) is 4.21. The second kappa shape index (κ2) is 8.66. The van der Waals surface area contributed by atoms with Gasteiger partial charge in [0.1, 0.15) is 0 Å². The molecule has 0 radical (unpaired) electrons. The van der Waals surface area contributed by atoms with Crippen LogP contribution in [0.2, 0.25) is 5.02 Å². The summed E-state index contributed by atoms with van der Waals surface area (Å²) in [6.45, 7) is 5.75. The minimum absolute atomic E-state index is 0.114. The molecule has 1 atom stereocenters. The summed E-state index contributed by atoms with van der Waals surface area (Å²) in [7, 11) is 0. The van der Waals surface area contributed by atoms with Crippen molar-refractivity contribution in [2.45, 2.75) is 33.3 Å². The minimum atomic E-state index is -0.465. The Balaban J connectivity index is 1.63. The lowest BCUT2D eigenvalue weighted by atomic mass is 10.1. The van der Waals surface area contributed by atoms with Gasteiger partial charge in [-0.15, -0.1) is 0 Å². The molecule has 1 aliphatic heterocycles. The number of nitrogens with zero attached hydrogens (tertiary/aromatic N) is 1. The molecule has 0 spiro atoms. The van der Waals surface area contributed by atoms with Crippen LogP contribution in [0.15, 0.2) is 42.5 Å². The minimum Gasteiger partial charge on any atom is -0.459 e. The van der Waals surface area contributed by atoms with E-state index in [9.17, 15) is 14.4 Å². The summed E-state index contributed by atoms with van der Waals surface area (Å²) in [4.78, 5) is 38.5. The van der Waals surface area contributed by atoms with Crippen LogP contribution >= 0.6 is 11.6 Å². The molecule has 1 saturated heterocycles. The number of halogens is 1. The molecule has 7 heteroatoms. The number of anilines is 2. The number of ether oxygens (including phenoxy) is 1. The lowest BCUT2D eigenvalue weighted by molar-refractivity contribution is -0.122. The van der Waals surface area contributed by atoms with Gasteiger partial charge in [0, 0.05) is 29.4 Å². The lowest BCUT2D eigenvalue weighted by Gasteiger charge is -2.17. The van der Waals surface area contributed by atoms with Crippen molar-refractivity contribution in [1.29, 1.82) is 0 Å². The van der Waals surface area contributed by atoms with E-state index in [0.717, 1.165) is 5.56 Å². The van der Waals surface area contributed by atoms with E-state index >= 15 is 0 Å². The summed E-state index contributed by atoms with van der Waals surface area (Å²) in [6, 6.07) is 11.9. The maximum absolute atomic E-state index is 12.6. The van der Waals surface area contributed by atoms with Crippen molar-refractivity contribution in [2.75, 3.05) is 16.8 Å². The Kier molecular flexibility index (Phi) is 6.23. The predicted molar refractivity (Wildman–Crippen MR) is 112 cm³/mol. The molecule has 0 saturated carbocycles. The molecule has 29 heavy (non-hydrogen) atoms. The lowest BCUT2D eigenvalue weighted by Crippen LogP contribution is -2.28. The molecule has 0 bridgehead atoms. The number of carbonyl (C=O) groups is 3. The number of rotatable bonds is 5. The summed E-state index contributed by atoms with van der Waals surface area (Å²) in [5.41, 5.74) is 2.58. The molecule has 3 rings (SSSR count). The number of esters is 1. The van der Waals surface area contributed by atoms with Crippen molar-refractivity contribution < 1.29 is 19.1 Å². The number of hydrogen-bond donors (Lipinski definition) is 1. The van der Waals surface area contributed by atoms with Gasteiger partial charge in [0.2, 0.25) is 11.8 Å². The van der Waals surface area contributed by atoms with E-state index in [1.807, 2.05) is 19.1 Å². The molecule has 0 unspecified atom stereocenters. The summed E-state index contributed by atoms with van der Waals surface area (Å²) in [5, 5.41) is 3.39. The Morgan fingerprint density at radius 1 is 1.17 bits per heavy atom. The maximum atomic E-state index is 12.6. The van der Waals surface area contributed by atoms with Crippen LogP contribution in [0.5, 0.6) is 0 Å². The molecular formula is C22H23ClN2O4. The fourth-order valence-electron chi connectivity index (χ4n) is 3.10. The van der Waals surface area contributed by atoms with Crippen LogP contribution in [-0.4, -0.2) is 30.4 Å². The van der Waals surface area contributed by atoms with Crippen LogP contribution in [0.25, 0.3) is 0 Å². The van der Waals surface area contributed by atoms with E-state index < -0.39 is 11.9 Å². The Morgan fingerprint density at radius 2 is 1.86 bits per heavy atom. The topological polar surface area (TPSA) is 75.7 Å². The average molecular weight is 415 g/mol. The van der Waals surface area contributed by atoms with Crippen LogP contribution in [0.3, 0.4) is 0 Å². The average Bonchev–Trinajstić information content (AvgIpc) is 3.06. The SMILES string of the molecule is Cc1ccc(N2C[C@H](C(=O)Nc3ccc(C(=O)OC(C)C)cc3)CC2=O)cc1Cl. The molecule has 2 amide bonds. The Labute approximate surface area is 174 Å². The van der Waals surface area contributed by atoms with Crippen LogP contribution in [0.1, 0.15) is 36.2 Å². The molecule has 1 N–H and O–H groups in total. The first-order chi connectivity index (χ1) is 13.7. The Morgan fingerprint density at radius 3 is 2.48 bits per heavy atom. The summed E-state index contributed by atoms with van der Waals surface area (Å²) >= 11 is 6.16. The highest BCUT2D eigenvalue weighted by molar-refractivity contribution is 6.31. The van der Waals surface area contributed by atoms with Gasteiger partial charge in [-0.3, -0.25) is 9.59 Å². The zero-order valence-corrected chi connectivity index (χ0v) is 17.3. The molecule has 2 aromatic carbocycles. The second-order valence-electron chi connectivity index (χ2n) is 7.36. The number of nitrogens with one attached hydrogen (secondary N) is 1. The van der Waals surface area contributed by atoms with E-state index in [1.165, 1.54) is 0 Å². The van der Waals surface area contributed by atoms with Gasteiger partial charge in [0.15, 0.2) is 0 Å². The van der Waals surface area contributed by atoms with Crippen molar-refractivity contribution in [2.24, 2.45) is 5.92 Å². The molecule has 0 aliphatic carbocycles. The number of carbonyl (C=O) groups excluding carboxylic acids is 3. The van der Waals surface area contributed by atoms with Crippen molar-refractivity contribution >= 4 is 40.8 Å². The monoisotopic (exact) mass is 414 g/mol.